The Bertz CT molecular complexity index is 936. The number of rotatable bonds is 12. The molecule has 1 aliphatic heterocycles. The Kier molecular flexibility index (Phi) is 8.74. The summed E-state index contributed by atoms with van der Waals surface area (Å²) in [7, 11) is 0. The molecule has 37 heavy (non-hydrogen) atoms. The van der Waals surface area contributed by atoms with Crippen LogP contribution in [0.2, 0.25) is 0 Å². The molecule has 0 spiro atoms. The summed E-state index contributed by atoms with van der Waals surface area (Å²) in [5.41, 5.74) is 0.670. The van der Waals surface area contributed by atoms with Crippen LogP contribution >= 0.6 is 0 Å². The van der Waals surface area contributed by atoms with Crippen molar-refractivity contribution in [3.63, 3.8) is 0 Å². The van der Waals surface area contributed by atoms with Gasteiger partial charge < -0.3 is 14.7 Å². The molecule has 0 fully saturated rings. The van der Waals surface area contributed by atoms with Gasteiger partial charge in [-0.25, -0.2) is 0 Å². The molecule has 0 radical (unpaired) electrons. The Labute approximate surface area is 200 Å². The highest BCUT2D eigenvalue weighted by atomic mass is 19.4. The van der Waals surface area contributed by atoms with Crippen molar-refractivity contribution in [2.24, 2.45) is 4.99 Å². The zero-order valence-corrected chi connectivity index (χ0v) is 18.4. The fraction of sp³-hybridized carbons (Fsp3) is 0.650. The molecule has 17 heteroatoms. The first-order valence-corrected chi connectivity index (χ1v) is 10.3. The fourth-order valence-corrected chi connectivity index (χ4v) is 3.21. The maximum absolute atomic E-state index is 13.7. The van der Waals surface area contributed by atoms with E-state index < -0.39 is 61.5 Å². The predicted octanol–water partition coefficient (Wildman–Crippen LogP) is 5.26. The second-order valence-electron chi connectivity index (χ2n) is 8.00. The van der Waals surface area contributed by atoms with Crippen LogP contribution in [0.5, 0.6) is 0 Å². The number of halogens is 13. The fourth-order valence-electron chi connectivity index (χ4n) is 3.21. The third-order valence-electron chi connectivity index (χ3n) is 5.26. The van der Waals surface area contributed by atoms with Gasteiger partial charge in [0.05, 0.1) is 25.9 Å². The van der Waals surface area contributed by atoms with Crippen LogP contribution in [-0.4, -0.2) is 90.6 Å². The molecule has 2 rings (SSSR count). The van der Waals surface area contributed by atoms with E-state index in [2.05, 4.69) is 9.73 Å². The summed E-state index contributed by atoms with van der Waals surface area (Å²) in [5, 5.41) is 10.00. The van der Waals surface area contributed by atoms with Crippen LogP contribution in [0.3, 0.4) is 0 Å². The molecule has 0 amide bonds. The van der Waals surface area contributed by atoms with Gasteiger partial charge in [-0.05, 0) is 0 Å². The van der Waals surface area contributed by atoms with Gasteiger partial charge in [0.2, 0.25) is 0 Å². The van der Waals surface area contributed by atoms with Crippen LogP contribution in [-0.2, 0) is 4.74 Å². The summed E-state index contributed by atoms with van der Waals surface area (Å²) in [6.45, 7) is -1.94. The Morgan fingerprint density at radius 1 is 0.811 bits per heavy atom. The lowest BCUT2D eigenvalue weighted by molar-refractivity contribution is -0.440. The van der Waals surface area contributed by atoms with E-state index >= 15 is 0 Å². The number of aliphatic imine (C=N–C) groups is 1. The van der Waals surface area contributed by atoms with Crippen LogP contribution in [0.15, 0.2) is 35.3 Å². The number of hydrogen-bond acceptors (Lipinski definition) is 4. The minimum Gasteiger partial charge on any atom is -0.389 e. The summed E-state index contributed by atoms with van der Waals surface area (Å²) in [5.74, 6) is -36.6. The highest BCUT2D eigenvalue weighted by Gasteiger charge is 2.90. The van der Waals surface area contributed by atoms with Gasteiger partial charge in [-0.15, -0.1) is 0 Å². The lowest BCUT2D eigenvalue weighted by Crippen LogP contribution is -2.70. The Morgan fingerprint density at radius 2 is 1.35 bits per heavy atom. The van der Waals surface area contributed by atoms with Crippen LogP contribution in [0.25, 0.3) is 0 Å². The molecule has 1 aliphatic rings. The zero-order valence-electron chi connectivity index (χ0n) is 18.4. The molecule has 0 unspecified atom stereocenters. The van der Waals surface area contributed by atoms with E-state index in [1.165, 1.54) is 0 Å². The van der Waals surface area contributed by atoms with Gasteiger partial charge in [0, 0.05) is 25.1 Å². The Hall–Kier alpha value is -2.30. The standard InChI is InChI=1S/C20H19F13N2O2/c21-15(22,16(23,24)17(25,26)18(27,28)19(29,30)20(31,32)33)6-9-37-11-13(36)10-35-8-7-34-14(35)12-4-2-1-3-5-12/h1-5,13,36H,6-11H2/t13-/m1/s1. The molecule has 0 bridgehead atoms. The van der Waals surface area contributed by atoms with E-state index in [9.17, 15) is 62.2 Å². The molecule has 4 nitrogen and oxygen atoms in total. The van der Waals surface area contributed by atoms with Gasteiger partial charge in [0.25, 0.3) is 0 Å². The largest absolute Gasteiger partial charge is 0.460 e. The number of ether oxygens (including phenoxy) is 1. The van der Waals surface area contributed by atoms with Gasteiger partial charge in [-0.3, -0.25) is 4.99 Å². The number of alkyl halides is 13. The van der Waals surface area contributed by atoms with E-state index in [-0.39, 0.29) is 6.54 Å². The van der Waals surface area contributed by atoms with Crippen molar-refractivity contribution in [1.82, 2.24) is 4.90 Å². The van der Waals surface area contributed by atoms with Gasteiger partial charge in [0.1, 0.15) is 5.84 Å². The highest BCUT2D eigenvalue weighted by Crippen LogP contribution is 2.60. The van der Waals surface area contributed by atoms with Gasteiger partial charge in [0.15, 0.2) is 0 Å². The first-order valence-electron chi connectivity index (χ1n) is 10.3. The van der Waals surface area contributed by atoms with Crippen LogP contribution in [0.4, 0.5) is 57.1 Å². The number of nitrogens with zero attached hydrogens (tertiary/aromatic N) is 2. The molecular formula is C20H19F13N2O2. The minimum atomic E-state index is -7.93. The number of β-amino-alcohol motifs (C(OH)–C–C–N with tert-alkyl or cyclic N) is 1. The minimum absolute atomic E-state index is 0.197. The van der Waals surface area contributed by atoms with Crippen molar-refractivity contribution < 1.29 is 66.9 Å². The summed E-state index contributed by atoms with van der Waals surface area (Å²) in [6.07, 6.45) is -11.4. The van der Waals surface area contributed by atoms with E-state index in [0.717, 1.165) is 0 Å². The molecule has 0 aromatic heterocycles. The summed E-state index contributed by atoms with van der Waals surface area (Å²) in [6, 6.07) is 8.53. The van der Waals surface area contributed by atoms with Crippen LogP contribution in [0, 0.1) is 0 Å². The third-order valence-corrected chi connectivity index (χ3v) is 5.26. The van der Waals surface area contributed by atoms with Gasteiger partial charge >= 0.3 is 35.8 Å². The molecule has 1 aromatic rings. The first kappa shape index (κ1) is 30.9. The monoisotopic (exact) mass is 566 g/mol. The summed E-state index contributed by atoms with van der Waals surface area (Å²) >= 11 is 0. The average molecular weight is 566 g/mol. The zero-order chi connectivity index (χ0) is 28.5. The Morgan fingerprint density at radius 3 is 1.89 bits per heavy atom. The molecule has 1 heterocycles. The van der Waals surface area contributed by atoms with Crippen LogP contribution < -0.4 is 0 Å². The van der Waals surface area contributed by atoms with Crippen LogP contribution in [0.1, 0.15) is 12.0 Å². The van der Waals surface area contributed by atoms with E-state index in [1.807, 2.05) is 0 Å². The molecule has 0 saturated carbocycles. The first-order chi connectivity index (χ1) is 16.7. The molecule has 0 saturated heterocycles. The van der Waals surface area contributed by atoms with E-state index in [0.29, 0.717) is 24.5 Å². The highest BCUT2D eigenvalue weighted by molar-refractivity contribution is 5.99. The van der Waals surface area contributed by atoms with Gasteiger partial charge in [-0.1, -0.05) is 30.3 Å². The number of amidine groups is 1. The number of benzene rings is 1. The molecular weight excluding hydrogens is 547 g/mol. The van der Waals surface area contributed by atoms with Crippen molar-refractivity contribution in [2.75, 3.05) is 32.8 Å². The maximum Gasteiger partial charge on any atom is 0.460 e. The molecule has 0 aliphatic carbocycles. The van der Waals surface area contributed by atoms with E-state index in [4.69, 9.17) is 0 Å². The quantitative estimate of drug-likeness (QED) is 0.278. The maximum atomic E-state index is 13.7. The summed E-state index contributed by atoms with van der Waals surface area (Å²) in [4.78, 5) is 5.79. The lowest BCUT2D eigenvalue weighted by atomic mass is 9.93. The molecule has 1 atom stereocenters. The second kappa shape index (κ2) is 10.5. The van der Waals surface area contributed by atoms with Crippen molar-refractivity contribution >= 4 is 5.84 Å². The van der Waals surface area contributed by atoms with Gasteiger partial charge in [-0.2, -0.15) is 57.1 Å². The third kappa shape index (κ3) is 5.76. The van der Waals surface area contributed by atoms with E-state index in [1.54, 1.807) is 35.2 Å². The summed E-state index contributed by atoms with van der Waals surface area (Å²) < 4.78 is 175. The SMILES string of the molecule is O[C@@H](COCCC(F)(F)C(F)(F)C(F)(F)C(F)(F)C(F)(F)C(F)(F)F)CN1CCN=C1c1ccccc1. The second-order valence-corrected chi connectivity index (χ2v) is 8.00. The van der Waals surface area contributed by atoms with Crippen molar-refractivity contribution in [2.45, 2.75) is 48.3 Å². The number of aliphatic hydroxyl groups excluding tert-OH is 1. The predicted molar refractivity (Wildman–Crippen MR) is 102 cm³/mol. The van der Waals surface area contributed by atoms with Crippen molar-refractivity contribution in [3.05, 3.63) is 35.9 Å². The molecule has 1 aromatic carbocycles. The van der Waals surface area contributed by atoms with Crippen molar-refractivity contribution in [1.29, 1.82) is 0 Å². The average Bonchev–Trinajstić information content (AvgIpc) is 3.24. The topological polar surface area (TPSA) is 45.1 Å². The Balaban J connectivity index is 1.98. The number of aliphatic hydroxyl groups is 1. The normalized spacial score (nSPS) is 17.2. The lowest BCUT2D eigenvalue weighted by Gasteiger charge is -2.39. The molecule has 1 N–H and O–H groups in total. The molecule has 212 valence electrons. The number of hydrogen-bond donors (Lipinski definition) is 1. The van der Waals surface area contributed by atoms with Crippen molar-refractivity contribution in [3.8, 4) is 0 Å². The smallest absolute Gasteiger partial charge is 0.389 e.